The maximum absolute atomic E-state index is 13.8. The molecule has 0 bridgehead atoms. The van der Waals surface area contributed by atoms with Crippen LogP contribution in [0.2, 0.25) is 0 Å². The van der Waals surface area contributed by atoms with E-state index in [1.165, 1.54) is 12.1 Å². The first-order chi connectivity index (χ1) is 20.2. The number of benzene rings is 2. The van der Waals surface area contributed by atoms with E-state index in [-0.39, 0.29) is 29.8 Å². The molecule has 2 aromatic rings. The molecule has 0 radical (unpaired) electrons. The lowest BCUT2D eigenvalue weighted by atomic mass is 9.77. The van der Waals surface area contributed by atoms with Crippen molar-refractivity contribution in [2.75, 3.05) is 19.6 Å². The average Bonchev–Trinajstić information content (AvgIpc) is 2.98. The topological polar surface area (TPSA) is 119 Å². The summed E-state index contributed by atoms with van der Waals surface area (Å²) in [5.41, 5.74) is -0.376. The number of carbonyl (C=O) groups excluding carboxylic acids is 2. The molecule has 3 aliphatic rings. The minimum absolute atomic E-state index is 0. The van der Waals surface area contributed by atoms with E-state index in [0.717, 1.165) is 44.2 Å². The van der Waals surface area contributed by atoms with E-state index in [1.54, 1.807) is 12.1 Å². The summed E-state index contributed by atoms with van der Waals surface area (Å²) in [7, 11) is 0. The minimum atomic E-state index is -0.975. The molecule has 0 aromatic heterocycles. The Morgan fingerprint density at radius 3 is 2.14 bits per heavy atom. The van der Waals surface area contributed by atoms with Crippen LogP contribution in [0.25, 0.3) is 0 Å². The third-order valence-corrected chi connectivity index (χ3v) is 9.26. The Balaban J connectivity index is 0.00000423. The summed E-state index contributed by atoms with van der Waals surface area (Å²) in [6, 6.07) is 13.5. The summed E-state index contributed by atoms with van der Waals surface area (Å²) in [6.07, 6.45) is 7.66. The number of rotatable bonds is 10. The molecular formula is C33H44ClN3O6. The van der Waals surface area contributed by atoms with Crippen LogP contribution in [0.3, 0.4) is 0 Å². The fourth-order valence-corrected chi connectivity index (χ4v) is 6.75. The largest absolute Gasteiger partial charge is 0.478 e. The first-order valence-electron chi connectivity index (χ1n) is 15.4. The minimum Gasteiger partial charge on any atom is -0.478 e. The van der Waals surface area contributed by atoms with Gasteiger partial charge in [-0.1, -0.05) is 44.7 Å². The molecule has 1 atom stereocenters. The normalized spacial score (nSPS) is 21.6. The van der Waals surface area contributed by atoms with E-state index in [4.69, 9.17) is 9.84 Å². The summed E-state index contributed by atoms with van der Waals surface area (Å²) in [6.45, 7) is 4.79. The Morgan fingerprint density at radius 1 is 0.953 bits per heavy atom. The number of hydrogen-bond acceptors (Lipinski definition) is 6. The summed E-state index contributed by atoms with van der Waals surface area (Å²) in [5.74, 6) is 0.147. The number of carboxylic acid groups (broad SMARTS) is 1. The number of piperazine rings is 1. The Hall–Kier alpha value is -3.14. The smallest absolute Gasteiger partial charge is 0.335 e. The monoisotopic (exact) mass is 613 g/mol. The van der Waals surface area contributed by atoms with Gasteiger partial charge in [-0.15, -0.1) is 12.4 Å². The van der Waals surface area contributed by atoms with E-state index in [2.05, 4.69) is 17.1 Å². The third-order valence-electron chi connectivity index (χ3n) is 9.26. The number of likely N-dealkylation sites (tertiary alicyclic amines) is 1. The van der Waals surface area contributed by atoms with Crippen molar-refractivity contribution in [1.29, 1.82) is 0 Å². The molecule has 0 unspecified atom stereocenters. The van der Waals surface area contributed by atoms with Crippen LogP contribution in [0, 0.1) is 0 Å². The number of aliphatic hydroxyl groups is 1. The van der Waals surface area contributed by atoms with Crippen LogP contribution in [0.1, 0.15) is 87.1 Å². The van der Waals surface area contributed by atoms with E-state index in [0.29, 0.717) is 63.2 Å². The van der Waals surface area contributed by atoms with Crippen LogP contribution in [0.4, 0.5) is 0 Å². The molecule has 2 amide bonds. The van der Waals surface area contributed by atoms with Crippen molar-refractivity contribution in [3.05, 3.63) is 59.7 Å². The second-order valence-electron chi connectivity index (χ2n) is 12.2. The van der Waals surface area contributed by atoms with Gasteiger partial charge in [-0.25, -0.2) is 4.79 Å². The van der Waals surface area contributed by atoms with Gasteiger partial charge in [-0.05, 0) is 74.1 Å². The molecule has 1 aliphatic carbocycles. The van der Waals surface area contributed by atoms with Gasteiger partial charge in [-0.3, -0.25) is 14.5 Å². The molecule has 1 spiro atoms. The summed E-state index contributed by atoms with van der Waals surface area (Å²) < 4.78 is 5.86. The van der Waals surface area contributed by atoms with E-state index < -0.39 is 23.2 Å². The second-order valence-corrected chi connectivity index (χ2v) is 12.2. The van der Waals surface area contributed by atoms with Crippen molar-refractivity contribution in [2.24, 2.45) is 0 Å². The van der Waals surface area contributed by atoms with Crippen LogP contribution < -0.4 is 10.1 Å². The van der Waals surface area contributed by atoms with Gasteiger partial charge in [0.05, 0.1) is 11.2 Å². The Kier molecular flexibility index (Phi) is 10.7. The number of halogens is 1. The van der Waals surface area contributed by atoms with Gasteiger partial charge in [0.1, 0.15) is 23.1 Å². The number of nitrogens with one attached hydrogen (secondary N) is 1. The van der Waals surface area contributed by atoms with E-state index in [1.807, 2.05) is 29.2 Å². The van der Waals surface area contributed by atoms with Gasteiger partial charge in [-0.2, -0.15) is 0 Å². The highest BCUT2D eigenvalue weighted by Gasteiger charge is 2.54. The fraction of sp³-hybridized carbons (Fsp3) is 0.545. The van der Waals surface area contributed by atoms with Gasteiger partial charge in [0.15, 0.2) is 0 Å². The van der Waals surface area contributed by atoms with E-state index >= 15 is 0 Å². The second kappa shape index (κ2) is 14.1. The molecular weight excluding hydrogens is 570 g/mol. The highest BCUT2D eigenvalue weighted by Crippen LogP contribution is 2.37. The van der Waals surface area contributed by atoms with Crippen molar-refractivity contribution in [3.8, 4) is 11.5 Å². The van der Waals surface area contributed by atoms with Crippen molar-refractivity contribution >= 4 is 30.2 Å². The Morgan fingerprint density at radius 2 is 1.56 bits per heavy atom. The zero-order valence-electron chi connectivity index (χ0n) is 24.9. The number of aromatic carboxylic acids is 1. The Labute approximate surface area is 260 Å². The molecule has 1 saturated carbocycles. The maximum Gasteiger partial charge on any atom is 0.335 e. The summed E-state index contributed by atoms with van der Waals surface area (Å²) >= 11 is 0. The van der Waals surface area contributed by atoms with Crippen LogP contribution in [0.5, 0.6) is 11.5 Å². The van der Waals surface area contributed by atoms with Gasteiger partial charge >= 0.3 is 5.97 Å². The molecule has 234 valence electrons. The van der Waals surface area contributed by atoms with Gasteiger partial charge in [0.2, 0.25) is 11.8 Å². The molecule has 9 nitrogen and oxygen atoms in total. The highest BCUT2D eigenvalue weighted by molar-refractivity contribution is 6.00. The maximum atomic E-state index is 13.8. The van der Waals surface area contributed by atoms with Crippen LogP contribution in [-0.4, -0.2) is 74.6 Å². The summed E-state index contributed by atoms with van der Waals surface area (Å²) in [5, 5.41) is 23.2. The van der Waals surface area contributed by atoms with Gasteiger partial charge < -0.3 is 25.2 Å². The predicted octanol–water partition coefficient (Wildman–Crippen LogP) is 5.15. The number of unbranched alkanes of at least 4 members (excludes halogenated alkanes) is 1. The van der Waals surface area contributed by atoms with Crippen molar-refractivity contribution in [2.45, 2.75) is 94.9 Å². The zero-order valence-corrected chi connectivity index (χ0v) is 25.7. The van der Waals surface area contributed by atoms with Crippen molar-refractivity contribution < 1.29 is 29.3 Å². The summed E-state index contributed by atoms with van der Waals surface area (Å²) in [4.78, 5) is 42.7. The lowest BCUT2D eigenvalue weighted by Crippen LogP contribution is -2.73. The van der Waals surface area contributed by atoms with Crippen LogP contribution in [0.15, 0.2) is 48.5 Å². The number of piperidine rings is 1. The number of ether oxygens (including phenoxy) is 1. The van der Waals surface area contributed by atoms with Crippen LogP contribution >= 0.6 is 12.4 Å². The van der Waals surface area contributed by atoms with Gasteiger partial charge in [0.25, 0.3) is 0 Å². The molecule has 10 heteroatoms. The Bertz CT molecular complexity index is 1250. The first-order valence-corrected chi connectivity index (χ1v) is 15.4. The third kappa shape index (κ3) is 7.51. The SMILES string of the molecule is CCCCN1C(=O)[C@H](CC2(O)CCCCC2)NC(=O)C12CCN(Cc1ccc(Oc3ccc(C(=O)O)cc3)cc1)CC2.Cl. The molecule has 3 N–H and O–H groups in total. The zero-order chi connectivity index (χ0) is 29.7. The molecule has 2 saturated heterocycles. The molecule has 2 aromatic carbocycles. The number of hydrogen-bond donors (Lipinski definition) is 3. The molecule has 5 rings (SSSR count). The van der Waals surface area contributed by atoms with Crippen molar-refractivity contribution in [3.63, 3.8) is 0 Å². The number of amides is 2. The fourth-order valence-electron chi connectivity index (χ4n) is 6.75. The molecule has 2 aliphatic heterocycles. The average molecular weight is 614 g/mol. The first kappa shape index (κ1) is 32.8. The number of carbonyl (C=O) groups is 3. The van der Waals surface area contributed by atoms with E-state index in [9.17, 15) is 19.5 Å². The molecule has 3 fully saturated rings. The van der Waals surface area contributed by atoms with Crippen LogP contribution in [-0.2, 0) is 16.1 Å². The number of carboxylic acids is 1. The lowest BCUT2D eigenvalue weighted by Gasteiger charge is -2.52. The highest BCUT2D eigenvalue weighted by atomic mass is 35.5. The lowest BCUT2D eigenvalue weighted by molar-refractivity contribution is -0.163. The number of nitrogens with zero attached hydrogens (tertiary/aromatic N) is 2. The molecule has 43 heavy (non-hydrogen) atoms. The van der Waals surface area contributed by atoms with Crippen molar-refractivity contribution in [1.82, 2.24) is 15.1 Å². The molecule has 2 heterocycles. The van der Waals surface area contributed by atoms with Gasteiger partial charge in [0, 0.05) is 32.6 Å². The standard InChI is InChI=1S/C33H43N3O6.ClH/c1-2-3-19-36-29(37)28(22-32(41)15-5-4-6-16-32)34-31(40)33(36)17-20-35(21-18-33)23-24-7-11-26(12-8-24)42-27-13-9-25(10-14-27)30(38)39;/h7-14,28,41H,2-6,15-23H2,1H3,(H,34,40)(H,38,39);1H/t28-;/m0./s1. The quantitative estimate of drug-likeness (QED) is 0.339. The predicted molar refractivity (Wildman–Crippen MR) is 166 cm³/mol.